The van der Waals surface area contributed by atoms with Gasteiger partial charge < -0.3 is 9.47 Å². The van der Waals surface area contributed by atoms with Crippen molar-refractivity contribution in [3.63, 3.8) is 0 Å². The number of hydrogen-bond donors (Lipinski definition) is 1. The molecule has 0 aliphatic rings. The lowest BCUT2D eigenvalue weighted by Gasteiger charge is -2.40. The van der Waals surface area contributed by atoms with Gasteiger partial charge in [-0.05, 0) is 94.2 Å². The van der Waals surface area contributed by atoms with Crippen LogP contribution in [0.25, 0.3) is 10.8 Å². The Bertz CT molecular complexity index is 2210. The van der Waals surface area contributed by atoms with Gasteiger partial charge in [-0.25, -0.2) is 0 Å². The van der Waals surface area contributed by atoms with Gasteiger partial charge in [-0.3, -0.25) is 29.2 Å². The monoisotopic (exact) mass is 792 g/mol. The summed E-state index contributed by atoms with van der Waals surface area (Å²) < 4.78 is 44.1. The van der Waals surface area contributed by atoms with Crippen LogP contribution < -0.4 is 5.32 Å². The SMILES string of the molecule is C/C=C(\C)OC(=O)[C@@H](CCCOS(=O)(=O)c1cccc2ccc([N+](=O)[O-])cc12)C[C@H](NC(c1ccccc1)(c1ccccc1)c1ccccc1)C(=O)OC(C)(C)C. The highest BCUT2D eigenvalue weighted by Gasteiger charge is 2.42. The van der Waals surface area contributed by atoms with Gasteiger partial charge in [0.15, 0.2) is 0 Å². The second-order valence-electron chi connectivity index (χ2n) is 14.7. The summed E-state index contributed by atoms with van der Waals surface area (Å²) in [6.45, 7) is 8.38. The number of fused-ring (bicyclic) bond motifs is 1. The number of hydrogen-bond acceptors (Lipinski definition) is 10. The molecule has 5 aromatic carbocycles. The van der Waals surface area contributed by atoms with E-state index < -0.39 is 50.1 Å². The van der Waals surface area contributed by atoms with Gasteiger partial charge in [0.1, 0.15) is 22.3 Å². The molecule has 298 valence electrons. The van der Waals surface area contributed by atoms with E-state index in [2.05, 4.69) is 5.32 Å². The molecular weight excluding hydrogens is 745 g/mol. The number of nitrogens with zero attached hydrogens (tertiary/aromatic N) is 1. The number of non-ortho nitro benzene ring substituents is 1. The number of allylic oxidation sites excluding steroid dienone is 2. The van der Waals surface area contributed by atoms with Crippen LogP contribution in [0.5, 0.6) is 0 Å². The van der Waals surface area contributed by atoms with Crippen molar-refractivity contribution >= 4 is 38.5 Å². The van der Waals surface area contributed by atoms with Crippen molar-refractivity contribution in [2.45, 2.75) is 76.0 Å². The van der Waals surface area contributed by atoms with E-state index in [4.69, 9.17) is 13.7 Å². The van der Waals surface area contributed by atoms with E-state index in [1.807, 2.05) is 91.0 Å². The van der Waals surface area contributed by atoms with Crippen molar-refractivity contribution in [1.29, 1.82) is 0 Å². The largest absolute Gasteiger partial charge is 0.459 e. The minimum Gasteiger partial charge on any atom is -0.459 e. The Morgan fingerprint density at radius 1 is 0.807 bits per heavy atom. The van der Waals surface area contributed by atoms with Gasteiger partial charge >= 0.3 is 11.9 Å². The molecule has 0 aliphatic heterocycles. The zero-order chi connectivity index (χ0) is 41.2. The second-order valence-corrected chi connectivity index (χ2v) is 16.3. The summed E-state index contributed by atoms with van der Waals surface area (Å²) in [7, 11) is -4.38. The van der Waals surface area contributed by atoms with E-state index in [0.717, 1.165) is 16.7 Å². The number of benzene rings is 5. The maximum absolute atomic E-state index is 14.4. The number of ether oxygens (including phenoxy) is 2. The lowest BCUT2D eigenvalue weighted by molar-refractivity contribution is -0.384. The van der Waals surface area contributed by atoms with Gasteiger partial charge in [0.05, 0.1) is 23.0 Å². The van der Waals surface area contributed by atoms with Crippen molar-refractivity contribution in [1.82, 2.24) is 5.32 Å². The van der Waals surface area contributed by atoms with Crippen LogP contribution in [0.3, 0.4) is 0 Å². The van der Waals surface area contributed by atoms with Crippen molar-refractivity contribution in [3.8, 4) is 0 Å². The highest BCUT2D eigenvalue weighted by Crippen LogP contribution is 2.38. The van der Waals surface area contributed by atoms with Gasteiger partial charge in [-0.2, -0.15) is 8.42 Å². The first-order chi connectivity index (χ1) is 27.1. The topological polar surface area (TPSA) is 151 Å². The molecular formula is C45H48N2O9S. The standard InChI is InChI=1S/C45H48N2O9S/c1-6-32(2)55-42(48)34(19-17-29-54-57(52,53)41-26-16-18-33-27-28-38(47(50)51)31-39(33)41)30-40(43(49)56-44(3,4)5)46-45(35-20-10-7-11-21-35,36-22-12-8-13-23-36)37-24-14-9-15-25-37/h6-16,18,20-28,31,34,40,46H,17,19,29-30H2,1-5H3/b32-6+/t34-,40-/m0/s1. The van der Waals surface area contributed by atoms with Crippen molar-refractivity contribution in [2.75, 3.05) is 6.61 Å². The Morgan fingerprint density at radius 2 is 1.37 bits per heavy atom. The van der Waals surface area contributed by atoms with Crippen molar-refractivity contribution in [3.05, 3.63) is 166 Å². The van der Waals surface area contributed by atoms with Crippen LogP contribution >= 0.6 is 0 Å². The molecule has 0 spiro atoms. The summed E-state index contributed by atoms with van der Waals surface area (Å²) in [5, 5.41) is 15.8. The Labute approximate surface area is 333 Å². The molecule has 0 heterocycles. The van der Waals surface area contributed by atoms with Gasteiger partial charge in [0, 0.05) is 17.5 Å². The zero-order valence-electron chi connectivity index (χ0n) is 32.7. The first kappa shape index (κ1) is 42.5. The first-order valence-electron chi connectivity index (χ1n) is 18.7. The number of carbonyl (C=O) groups is 2. The molecule has 0 saturated heterocycles. The molecule has 0 saturated carbocycles. The van der Waals surface area contributed by atoms with E-state index in [1.165, 1.54) is 30.3 Å². The Morgan fingerprint density at radius 3 is 1.88 bits per heavy atom. The van der Waals surface area contributed by atoms with Crippen molar-refractivity contribution < 1.29 is 36.6 Å². The maximum atomic E-state index is 14.4. The number of carbonyl (C=O) groups excluding carboxylic acids is 2. The van der Waals surface area contributed by atoms with Gasteiger partial charge in [0.25, 0.3) is 15.8 Å². The molecule has 0 radical (unpaired) electrons. The van der Waals surface area contributed by atoms with E-state index >= 15 is 0 Å². The van der Waals surface area contributed by atoms with Crippen LogP contribution in [-0.4, -0.2) is 43.5 Å². The molecule has 12 heteroatoms. The minimum absolute atomic E-state index is 0.0707. The lowest BCUT2D eigenvalue weighted by atomic mass is 9.76. The summed E-state index contributed by atoms with van der Waals surface area (Å²) in [6, 6.07) is 36.6. The molecule has 0 bridgehead atoms. The molecule has 5 rings (SSSR count). The molecule has 2 atom stereocenters. The average molecular weight is 793 g/mol. The predicted molar refractivity (Wildman–Crippen MR) is 219 cm³/mol. The van der Waals surface area contributed by atoms with E-state index in [9.17, 15) is 28.1 Å². The third-order valence-corrected chi connectivity index (χ3v) is 10.8. The first-order valence-corrected chi connectivity index (χ1v) is 20.1. The molecule has 11 nitrogen and oxygen atoms in total. The van der Waals surface area contributed by atoms with Crippen LogP contribution in [0.4, 0.5) is 5.69 Å². The Hall–Kier alpha value is -5.69. The molecule has 0 fully saturated rings. The van der Waals surface area contributed by atoms with Crippen LogP contribution in [0, 0.1) is 16.0 Å². The number of nitro groups is 1. The second kappa shape index (κ2) is 18.5. The Kier molecular flexibility index (Phi) is 13.8. The molecule has 0 unspecified atom stereocenters. The van der Waals surface area contributed by atoms with Crippen LogP contribution in [0.15, 0.2) is 144 Å². The quantitative estimate of drug-likeness (QED) is 0.0184. The number of rotatable bonds is 17. The molecule has 0 aromatic heterocycles. The van der Waals surface area contributed by atoms with Gasteiger partial charge in [-0.1, -0.05) is 103 Å². The molecule has 0 aliphatic carbocycles. The summed E-state index contributed by atoms with van der Waals surface area (Å²) in [5.74, 6) is -1.74. The maximum Gasteiger partial charge on any atom is 0.323 e. The fourth-order valence-electron chi connectivity index (χ4n) is 6.71. The third-order valence-electron chi connectivity index (χ3n) is 9.47. The lowest BCUT2D eigenvalue weighted by Crippen LogP contribution is -2.54. The number of nitro benzene ring substituents is 1. The number of nitrogens with one attached hydrogen (secondary N) is 1. The molecule has 1 N–H and O–H groups in total. The molecule has 5 aromatic rings. The fourth-order valence-corrected chi connectivity index (χ4v) is 7.86. The summed E-state index contributed by atoms with van der Waals surface area (Å²) in [5.41, 5.74) is 0.316. The van der Waals surface area contributed by atoms with Crippen LogP contribution in [0.2, 0.25) is 0 Å². The van der Waals surface area contributed by atoms with Crippen LogP contribution in [-0.2, 0) is 38.9 Å². The summed E-state index contributed by atoms with van der Waals surface area (Å²) >= 11 is 0. The predicted octanol–water partition coefficient (Wildman–Crippen LogP) is 9.00. The summed E-state index contributed by atoms with van der Waals surface area (Å²) in [6.07, 6.45) is 1.75. The van der Waals surface area contributed by atoms with E-state index in [1.54, 1.807) is 46.8 Å². The number of esters is 2. The minimum atomic E-state index is -4.38. The average Bonchev–Trinajstić information content (AvgIpc) is 3.20. The van der Waals surface area contributed by atoms with Gasteiger partial charge in [0.2, 0.25) is 0 Å². The fraction of sp³-hybridized carbons (Fsp3) is 0.289. The third kappa shape index (κ3) is 10.6. The van der Waals surface area contributed by atoms with Crippen LogP contribution in [0.1, 0.15) is 70.6 Å². The van der Waals surface area contributed by atoms with Crippen molar-refractivity contribution in [2.24, 2.45) is 5.92 Å². The highest BCUT2D eigenvalue weighted by atomic mass is 32.2. The normalized spacial score (nSPS) is 13.5. The highest BCUT2D eigenvalue weighted by molar-refractivity contribution is 7.87. The smallest absolute Gasteiger partial charge is 0.323 e. The van der Waals surface area contributed by atoms with Gasteiger partial charge in [-0.15, -0.1) is 0 Å². The van der Waals surface area contributed by atoms with E-state index in [0.29, 0.717) is 11.1 Å². The zero-order valence-corrected chi connectivity index (χ0v) is 33.5. The molecule has 57 heavy (non-hydrogen) atoms. The Balaban J connectivity index is 1.50. The summed E-state index contributed by atoms with van der Waals surface area (Å²) in [4.78, 5) is 38.9. The van der Waals surface area contributed by atoms with E-state index in [-0.39, 0.29) is 41.8 Å². The molecule has 0 amide bonds.